The fourth-order valence-electron chi connectivity index (χ4n) is 5.21. The highest BCUT2D eigenvalue weighted by atomic mass is 16.3. The number of amides is 1. The molecular formula is C31H47N3O3. The first kappa shape index (κ1) is 29.3. The van der Waals surface area contributed by atoms with Gasteiger partial charge in [0, 0.05) is 32.7 Å². The van der Waals surface area contributed by atoms with Gasteiger partial charge in [0.05, 0.1) is 13.3 Å². The van der Waals surface area contributed by atoms with E-state index >= 15 is 0 Å². The van der Waals surface area contributed by atoms with Crippen LogP contribution in [0.25, 0.3) is 0 Å². The highest BCUT2D eigenvalue weighted by Gasteiger charge is 2.43. The number of hydrogen-bond donors (Lipinski definition) is 3. The van der Waals surface area contributed by atoms with E-state index in [0.717, 1.165) is 31.6 Å². The Hall–Kier alpha value is -2.25. The van der Waals surface area contributed by atoms with E-state index in [1.807, 2.05) is 6.07 Å². The molecule has 1 aliphatic rings. The maximum atomic E-state index is 14.0. The molecule has 1 fully saturated rings. The molecule has 3 N–H and O–H groups in total. The van der Waals surface area contributed by atoms with Gasteiger partial charge in [-0.25, -0.2) is 0 Å². The number of nitrogens with one attached hydrogen (secondary N) is 1. The first-order valence-electron chi connectivity index (χ1n) is 13.8. The molecule has 1 saturated heterocycles. The van der Waals surface area contributed by atoms with E-state index in [4.69, 9.17) is 0 Å². The smallest absolute Gasteiger partial charge is 0.243 e. The summed E-state index contributed by atoms with van der Waals surface area (Å²) in [4.78, 5) is 18.2. The number of nitrogens with zero attached hydrogens (tertiary/aromatic N) is 2. The van der Waals surface area contributed by atoms with E-state index in [9.17, 15) is 15.0 Å². The minimum atomic E-state index is -0.835. The van der Waals surface area contributed by atoms with Gasteiger partial charge in [0.15, 0.2) is 0 Å². The van der Waals surface area contributed by atoms with Crippen molar-refractivity contribution >= 4 is 5.91 Å². The molecular weight excluding hydrogens is 462 g/mol. The Kier molecular flexibility index (Phi) is 10.3. The lowest BCUT2D eigenvalue weighted by Crippen LogP contribution is -2.62. The average molecular weight is 510 g/mol. The standard InChI is InChI=1S/C31H47N3O3/c1-6-24(2)27-18-26(19-28(20-27)30(3,4)5)22-34(16-17-35)29(37)31(32-23-36)12-14-33(15-13-31)21-25-10-8-7-9-11-25/h7-11,18-20,24,32,35-36H,6,12-17,21-23H2,1-5H3. The van der Waals surface area contributed by atoms with E-state index in [1.54, 1.807) is 4.90 Å². The number of carbonyl (C=O) groups is 1. The quantitative estimate of drug-likeness (QED) is 0.392. The molecule has 204 valence electrons. The molecule has 1 atom stereocenters. The Balaban J connectivity index is 1.82. The summed E-state index contributed by atoms with van der Waals surface area (Å²) < 4.78 is 0. The summed E-state index contributed by atoms with van der Waals surface area (Å²) in [6, 6.07) is 17.1. The van der Waals surface area contributed by atoms with Crippen molar-refractivity contribution in [2.45, 2.75) is 83.8 Å². The molecule has 2 aromatic rings. The van der Waals surface area contributed by atoms with Crippen LogP contribution >= 0.6 is 0 Å². The molecule has 1 unspecified atom stereocenters. The number of aliphatic hydroxyl groups excluding tert-OH is 2. The number of benzene rings is 2. The average Bonchev–Trinajstić information content (AvgIpc) is 2.89. The number of piperidine rings is 1. The molecule has 2 aromatic carbocycles. The minimum Gasteiger partial charge on any atom is -0.395 e. The Labute approximate surface area is 223 Å². The second-order valence-corrected chi connectivity index (χ2v) is 11.7. The first-order chi connectivity index (χ1) is 17.6. The normalized spacial score (nSPS) is 16.9. The molecule has 0 radical (unpaired) electrons. The molecule has 1 amide bonds. The zero-order valence-electron chi connectivity index (χ0n) is 23.5. The van der Waals surface area contributed by atoms with Gasteiger partial charge in [0.2, 0.25) is 5.91 Å². The maximum Gasteiger partial charge on any atom is 0.243 e. The van der Waals surface area contributed by atoms with Crippen LogP contribution in [-0.4, -0.2) is 64.4 Å². The van der Waals surface area contributed by atoms with Crippen LogP contribution in [0.4, 0.5) is 0 Å². The lowest BCUT2D eigenvalue weighted by molar-refractivity contribution is -0.142. The maximum absolute atomic E-state index is 14.0. The number of carbonyl (C=O) groups excluding carboxylic acids is 1. The Morgan fingerprint density at radius 2 is 1.76 bits per heavy atom. The van der Waals surface area contributed by atoms with Crippen molar-refractivity contribution in [3.8, 4) is 0 Å². The van der Waals surface area contributed by atoms with Gasteiger partial charge in [0.25, 0.3) is 0 Å². The summed E-state index contributed by atoms with van der Waals surface area (Å²) in [6.07, 6.45) is 2.28. The molecule has 3 rings (SSSR count). The lowest BCUT2D eigenvalue weighted by Gasteiger charge is -2.43. The van der Waals surface area contributed by atoms with Gasteiger partial charge in [-0.1, -0.05) is 83.1 Å². The second kappa shape index (κ2) is 13.0. The van der Waals surface area contributed by atoms with Crippen LogP contribution < -0.4 is 5.32 Å². The number of hydrogen-bond acceptors (Lipinski definition) is 5. The third-order valence-corrected chi connectivity index (χ3v) is 7.88. The van der Waals surface area contributed by atoms with Crippen LogP contribution in [-0.2, 0) is 23.3 Å². The second-order valence-electron chi connectivity index (χ2n) is 11.7. The van der Waals surface area contributed by atoms with Crippen LogP contribution in [0.2, 0.25) is 0 Å². The molecule has 1 aliphatic heterocycles. The van der Waals surface area contributed by atoms with Crippen molar-refractivity contribution in [2.24, 2.45) is 0 Å². The van der Waals surface area contributed by atoms with E-state index in [1.165, 1.54) is 16.7 Å². The summed E-state index contributed by atoms with van der Waals surface area (Å²) in [5.41, 5.74) is 4.06. The van der Waals surface area contributed by atoms with Crippen LogP contribution in [0.1, 0.15) is 82.1 Å². The molecule has 0 aliphatic carbocycles. The topological polar surface area (TPSA) is 76.0 Å². The van der Waals surface area contributed by atoms with Gasteiger partial charge in [0.1, 0.15) is 5.54 Å². The summed E-state index contributed by atoms with van der Waals surface area (Å²) in [6.45, 7) is 13.8. The third kappa shape index (κ3) is 7.64. The molecule has 37 heavy (non-hydrogen) atoms. The SMILES string of the molecule is CCC(C)c1cc(CN(CCO)C(=O)C2(NCO)CCN(Cc3ccccc3)CC2)cc(C(C)(C)C)c1. The number of rotatable bonds is 11. The summed E-state index contributed by atoms with van der Waals surface area (Å²) in [7, 11) is 0. The molecule has 0 bridgehead atoms. The fourth-order valence-corrected chi connectivity index (χ4v) is 5.21. The van der Waals surface area contributed by atoms with Crippen LogP contribution in [0.5, 0.6) is 0 Å². The van der Waals surface area contributed by atoms with Crippen molar-refractivity contribution in [1.29, 1.82) is 0 Å². The Morgan fingerprint density at radius 1 is 1.08 bits per heavy atom. The fraction of sp³-hybridized carbons (Fsp3) is 0.581. The van der Waals surface area contributed by atoms with Crippen molar-refractivity contribution in [2.75, 3.05) is 33.0 Å². The molecule has 0 saturated carbocycles. The van der Waals surface area contributed by atoms with Gasteiger partial charge in [-0.15, -0.1) is 0 Å². The molecule has 1 heterocycles. The first-order valence-corrected chi connectivity index (χ1v) is 13.8. The van der Waals surface area contributed by atoms with E-state index in [0.29, 0.717) is 25.3 Å². The number of likely N-dealkylation sites (tertiary alicyclic amines) is 1. The minimum absolute atomic E-state index is 0.00468. The summed E-state index contributed by atoms with van der Waals surface area (Å²) in [5.74, 6) is 0.389. The molecule has 6 nitrogen and oxygen atoms in total. The lowest BCUT2D eigenvalue weighted by atomic mass is 9.82. The highest BCUT2D eigenvalue weighted by Crippen LogP contribution is 2.31. The van der Waals surface area contributed by atoms with Crippen LogP contribution in [0.3, 0.4) is 0 Å². The Morgan fingerprint density at radius 3 is 2.32 bits per heavy atom. The molecule has 0 aromatic heterocycles. The van der Waals surface area contributed by atoms with Crippen LogP contribution in [0.15, 0.2) is 48.5 Å². The van der Waals surface area contributed by atoms with Gasteiger partial charge in [-0.2, -0.15) is 0 Å². The van der Waals surface area contributed by atoms with Crippen molar-refractivity contribution in [3.63, 3.8) is 0 Å². The van der Waals surface area contributed by atoms with E-state index in [2.05, 4.69) is 87.3 Å². The Bertz CT molecular complexity index is 995. The van der Waals surface area contributed by atoms with E-state index in [-0.39, 0.29) is 31.2 Å². The van der Waals surface area contributed by atoms with Gasteiger partial charge < -0.3 is 15.1 Å². The number of aliphatic hydroxyl groups is 2. The largest absolute Gasteiger partial charge is 0.395 e. The van der Waals surface area contributed by atoms with Crippen molar-refractivity contribution in [1.82, 2.24) is 15.1 Å². The molecule has 6 heteroatoms. The summed E-state index contributed by atoms with van der Waals surface area (Å²) >= 11 is 0. The summed E-state index contributed by atoms with van der Waals surface area (Å²) in [5, 5.41) is 22.9. The monoisotopic (exact) mass is 509 g/mol. The highest BCUT2D eigenvalue weighted by molar-refractivity contribution is 5.86. The van der Waals surface area contributed by atoms with Gasteiger partial charge >= 0.3 is 0 Å². The molecule has 0 spiro atoms. The van der Waals surface area contributed by atoms with Gasteiger partial charge in [-0.3, -0.25) is 15.0 Å². The van der Waals surface area contributed by atoms with Crippen molar-refractivity contribution in [3.05, 3.63) is 70.8 Å². The predicted molar refractivity (Wildman–Crippen MR) is 150 cm³/mol. The zero-order valence-corrected chi connectivity index (χ0v) is 23.5. The van der Waals surface area contributed by atoms with Crippen LogP contribution in [0, 0.1) is 0 Å². The van der Waals surface area contributed by atoms with E-state index < -0.39 is 5.54 Å². The third-order valence-electron chi connectivity index (χ3n) is 7.88. The zero-order chi connectivity index (χ0) is 27.1. The van der Waals surface area contributed by atoms with Gasteiger partial charge in [-0.05, 0) is 52.8 Å². The predicted octanol–water partition coefficient (Wildman–Crippen LogP) is 4.39. The van der Waals surface area contributed by atoms with Crippen molar-refractivity contribution < 1.29 is 15.0 Å².